The number of carbonyl (C=O) groups is 2. The van der Waals surface area contributed by atoms with Crippen LogP contribution in [0.15, 0.2) is 24.3 Å². The monoisotopic (exact) mass is 293 g/mol. The fraction of sp³-hybridized carbons (Fsp3) is 0.500. The number of amides is 1. The van der Waals surface area contributed by atoms with Gasteiger partial charge >= 0.3 is 5.97 Å². The molecule has 1 aliphatic rings. The van der Waals surface area contributed by atoms with E-state index in [2.05, 4.69) is 0 Å². The van der Waals surface area contributed by atoms with Gasteiger partial charge < -0.3 is 10.0 Å². The SMILES string of the molecule is CC1CC(=O)N(CCc2ccc(F)cc2)C(C)C1C(=O)O. The van der Waals surface area contributed by atoms with Crippen molar-refractivity contribution in [1.82, 2.24) is 4.90 Å². The highest BCUT2D eigenvalue weighted by Gasteiger charge is 2.41. The number of piperidine rings is 1. The Kier molecular flexibility index (Phi) is 4.60. The smallest absolute Gasteiger partial charge is 0.308 e. The molecule has 1 aromatic rings. The van der Waals surface area contributed by atoms with Gasteiger partial charge in [-0.05, 0) is 37.0 Å². The van der Waals surface area contributed by atoms with Crippen molar-refractivity contribution < 1.29 is 19.1 Å². The highest BCUT2D eigenvalue weighted by molar-refractivity contribution is 5.81. The molecular weight excluding hydrogens is 273 g/mol. The van der Waals surface area contributed by atoms with Gasteiger partial charge in [-0.15, -0.1) is 0 Å². The fourth-order valence-corrected chi connectivity index (χ4v) is 3.09. The Bertz CT molecular complexity index is 529. The summed E-state index contributed by atoms with van der Waals surface area (Å²) in [5.74, 6) is -1.83. The summed E-state index contributed by atoms with van der Waals surface area (Å²) in [6, 6.07) is 5.83. The third kappa shape index (κ3) is 3.40. The van der Waals surface area contributed by atoms with E-state index in [-0.39, 0.29) is 30.1 Å². The fourth-order valence-electron chi connectivity index (χ4n) is 3.09. The quantitative estimate of drug-likeness (QED) is 0.927. The zero-order valence-corrected chi connectivity index (χ0v) is 12.3. The molecule has 1 fully saturated rings. The minimum atomic E-state index is -0.853. The molecule has 2 rings (SSSR count). The zero-order valence-electron chi connectivity index (χ0n) is 12.3. The second kappa shape index (κ2) is 6.24. The lowest BCUT2D eigenvalue weighted by Gasteiger charge is -2.40. The van der Waals surface area contributed by atoms with Crippen molar-refractivity contribution >= 4 is 11.9 Å². The summed E-state index contributed by atoms with van der Waals surface area (Å²) in [4.78, 5) is 25.1. The minimum absolute atomic E-state index is 0.00499. The molecule has 21 heavy (non-hydrogen) atoms. The first kappa shape index (κ1) is 15.5. The van der Waals surface area contributed by atoms with Crippen LogP contribution in [0.2, 0.25) is 0 Å². The Balaban J connectivity index is 2.05. The Hall–Kier alpha value is -1.91. The molecule has 0 aromatic heterocycles. The van der Waals surface area contributed by atoms with Crippen LogP contribution < -0.4 is 0 Å². The van der Waals surface area contributed by atoms with E-state index in [0.717, 1.165) is 5.56 Å². The van der Waals surface area contributed by atoms with E-state index in [1.807, 2.05) is 6.92 Å². The van der Waals surface area contributed by atoms with Crippen LogP contribution in [0.5, 0.6) is 0 Å². The number of likely N-dealkylation sites (tertiary alicyclic amines) is 1. The molecule has 1 N–H and O–H groups in total. The van der Waals surface area contributed by atoms with Crippen molar-refractivity contribution in [2.24, 2.45) is 11.8 Å². The second-order valence-electron chi connectivity index (χ2n) is 5.75. The van der Waals surface area contributed by atoms with E-state index in [1.165, 1.54) is 12.1 Å². The molecule has 1 heterocycles. The maximum Gasteiger partial charge on any atom is 0.308 e. The van der Waals surface area contributed by atoms with Crippen molar-refractivity contribution in [3.63, 3.8) is 0 Å². The zero-order chi connectivity index (χ0) is 15.6. The number of carbonyl (C=O) groups excluding carboxylic acids is 1. The van der Waals surface area contributed by atoms with E-state index in [4.69, 9.17) is 0 Å². The van der Waals surface area contributed by atoms with Crippen LogP contribution in [0.1, 0.15) is 25.8 Å². The number of carboxylic acid groups (broad SMARTS) is 1. The molecule has 5 heteroatoms. The lowest BCUT2D eigenvalue weighted by atomic mass is 9.81. The first-order chi connectivity index (χ1) is 9.90. The molecule has 114 valence electrons. The van der Waals surface area contributed by atoms with Crippen molar-refractivity contribution in [3.8, 4) is 0 Å². The van der Waals surface area contributed by atoms with Crippen molar-refractivity contribution in [3.05, 3.63) is 35.6 Å². The van der Waals surface area contributed by atoms with Gasteiger partial charge in [0, 0.05) is 19.0 Å². The average molecular weight is 293 g/mol. The topological polar surface area (TPSA) is 57.6 Å². The van der Waals surface area contributed by atoms with Gasteiger partial charge in [0.25, 0.3) is 0 Å². The predicted molar refractivity (Wildman–Crippen MR) is 76.2 cm³/mol. The maximum absolute atomic E-state index is 12.9. The van der Waals surface area contributed by atoms with Gasteiger partial charge in [0.1, 0.15) is 5.82 Å². The molecule has 1 amide bonds. The van der Waals surface area contributed by atoms with Gasteiger partial charge in [-0.3, -0.25) is 9.59 Å². The van der Waals surface area contributed by atoms with Gasteiger partial charge in [-0.2, -0.15) is 0 Å². The van der Waals surface area contributed by atoms with Crippen LogP contribution in [-0.4, -0.2) is 34.5 Å². The Labute approximate surface area is 123 Å². The number of hydrogen-bond acceptors (Lipinski definition) is 2. The molecule has 3 unspecified atom stereocenters. The van der Waals surface area contributed by atoms with E-state index in [0.29, 0.717) is 13.0 Å². The largest absolute Gasteiger partial charge is 0.481 e. The van der Waals surface area contributed by atoms with Crippen LogP contribution in [-0.2, 0) is 16.0 Å². The molecular formula is C16H20FNO3. The molecule has 1 aliphatic heterocycles. The summed E-state index contributed by atoms with van der Waals surface area (Å²) in [7, 11) is 0. The molecule has 3 atom stereocenters. The van der Waals surface area contributed by atoms with Gasteiger partial charge in [0.05, 0.1) is 5.92 Å². The Morgan fingerprint density at radius 3 is 2.52 bits per heavy atom. The molecule has 0 aliphatic carbocycles. The normalized spacial score (nSPS) is 26.0. The summed E-state index contributed by atoms with van der Waals surface area (Å²) in [6.07, 6.45) is 0.863. The number of hydrogen-bond donors (Lipinski definition) is 1. The number of aliphatic carboxylic acids is 1. The van der Waals surface area contributed by atoms with Crippen LogP contribution in [0.3, 0.4) is 0 Å². The number of benzene rings is 1. The van der Waals surface area contributed by atoms with E-state index in [1.54, 1.807) is 24.0 Å². The second-order valence-corrected chi connectivity index (χ2v) is 5.75. The first-order valence-electron chi connectivity index (χ1n) is 7.17. The maximum atomic E-state index is 12.9. The minimum Gasteiger partial charge on any atom is -0.481 e. The number of carboxylic acids is 1. The number of nitrogens with zero attached hydrogens (tertiary/aromatic N) is 1. The summed E-state index contributed by atoms with van der Waals surface area (Å²) in [5, 5.41) is 9.32. The van der Waals surface area contributed by atoms with Crippen LogP contribution in [0.4, 0.5) is 4.39 Å². The van der Waals surface area contributed by atoms with Gasteiger partial charge in [-0.1, -0.05) is 19.1 Å². The summed E-state index contributed by atoms with van der Waals surface area (Å²) >= 11 is 0. The number of rotatable bonds is 4. The molecule has 0 saturated carbocycles. The van der Waals surface area contributed by atoms with Gasteiger partial charge in [-0.25, -0.2) is 4.39 Å². The van der Waals surface area contributed by atoms with Crippen LogP contribution >= 0.6 is 0 Å². The molecule has 0 radical (unpaired) electrons. The first-order valence-corrected chi connectivity index (χ1v) is 7.17. The molecule has 1 saturated heterocycles. The lowest BCUT2D eigenvalue weighted by molar-refractivity contribution is -0.154. The molecule has 0 bridgehead atoms. The Morgan fingerprint density at radius 2 is 1.95 bits per heavy atom. The summed E-state index contributed by atoms with van der Waals surface area (Å²) < 4.78 is 12.9. The highest BCUT2D eigenvalue weighted by atomic mass is 19.1. The standard InChI is InChI=1S/C16H20FNO3/c1-10-9-14(19)18(11(2)15(10)16(20)21)8-7-12-3-5-13(17)6-4-12/h3-6,10-11,15H,7-9H2,1-2H3,(H,20,21). The van der Waals surface area contributed by atoms with Crippen molar-refractivity contribution in [2.45, 2.75) is 32.7 Å². The van der Waals surface area contributed by atoms with Crippen LogP contribution in [0.25, 0.3) is 0 Å². The van der Waals surface area contributed by atoms with Crippen molar-refractivity contribution in [1.29, 1.82) is 0 Å². The average Bonchev–Trinajstić information content (AvgIpc) is 2.39. The Morgan fingerprint density at radius 1 is 1.33 bits per heavy atom. The van der Waals surface area contributed by atoms with E-state index < -0.39 is 11.9 Å². The highest BCUT2D eigenvalue weighted by Crippen LogP contribution is 2.30. The van der Waals surface area contributed by atoms with Crippen molar-refractivity contribution in [2.75, 3.05) is 6.54 Å². The molecule has 1 aromatic carbocycles. The third-order valence-electron chi connectivity index (χ3n) is 4.28. The third-order valence-corrected chi connectivity index (χ3v) is 4.28. The number of halogens is 1. The van der Waals surface area contributed by atoms with Gasteiger partial charge in [0.2, 0.25) is 5.91 Å². The van der Waals surface area contributed by atoms with Gasteiger partial charge in [0.15, 0.2) is 0 Å². The predicted octanol–water partition coefficient (Wildman–Crippen LogP) is 2.33. The van der Waals surface area contributed by atoms with Crippen LogP contribution in [0, 0.1) is 17.7 Å². The summed E-state index contributed by atoms with van der Waals surface area (Å²) in [5.41, 5.74) is 0.932. The molecule has 0 spiro atoms. The summed E-state index contributed by atoms with van der Waals surface area (Å²) in [6.45, 7) is 4.06. The van der Waals surface area contributed by atoms with E-state index >= 15 is 0 Å². The van der Waals surface area contributed by atoms with E-state index in [9.17, 15) is 19.1 Å². The molecule has 4 nitrogen and oxygen atoms in total. The lowest BCUT2D eigenvalue weighted by Crippen LogP contribution is -2.53.